The Labute approximate surface area is 114 Å². The zero-order chi connectivity index (χ0) is 14.1. The van der Waals surface area contributed by atoms with Gasteiger partial charge in [-0.25, -0.2) is 9.37 Å². The van der Waals surface area contributed by atoms with E-state index in [0.717, 1.165) is 0 Å². The van der Waals surface area contributed by atoms with Gasteiger partial charge in [0, 0.05) is 18.2 Å². The lowest BCUT2D eigenvalue weighted by Crippen LogP contribution is -2.11. The van der Waals surface area contributed by atoms with Gasteiger partial charge >= 0.3 is 0 Å². The van der Waals surface area contributed by atoms with E-state index in [0.29, 0.717) is 22.7 Å². The molecule has 0 aliphatic carbocycles. The molecule has 1 heterocycles. The minimum absolute atomic E-state index is 0.265. The summed E-state index contributed by atoms with van der Waals surface area (Å²) in [6, 6.07) is 10.7. The highest BCUT2D eigenvalue weighted by Gasteiger charge is 2.08. The average molecular weight is 270 g/mol. The molecule has 1 N–H and O–H groups in total. The second kappa shape index (κ2) is 4.77. The van der Waals surface area contributed by atoms with Crippen molar-refractivity contribution < 1.29 is 13.6 Å². The summed E-state index contributed by atoms with van der Waals surface area (Å²) in [5.41, 5.74) is 2.17. The van der Waals surface area contributed by atoms with Crippen molar-refractivity contribution in [2.45, 2.75) is 6.92 Å². The van der Waals surface area contributed by atoms with E-state index in [4.69, 9.17) is 4.42 Å². The number of amides is 1. The molecule has 0 saturated heterocycles. The summed E-state index contributed by atoms with van der Waals surface area (Å²) in [5.74, 6) is -0.252. The smallest absolute Gasteiger partial charge is 0.255 e. The fourth-order valence-electron chi connectivity index (χ4n) is 1.95. The van der Waals surface area contributed by atoms with E-state index in [1.165, 1.54) is 18.2 Å². The zero-order valence-corrected chi connectivity index (χ0v) is 10.7. The van der Waals surface area contributed by atoms with Crippen LogP contribution in [-0.2, 0) is 0 Å². The number of nitrogens with zero attached hydrogens (tertiary/aromatic N) is 1. The Morgan fingerprint density at radius 3 is 2.90 bits per heavy atom. The number of hydrogen-bond donors (Lipinski definition) is 1. The summed E-state index contributed by atoms with van der Waals surface area (Å²) in [4.78, 5) is 16.2. The van der Waals surface area contributed by atoms with E-state index in [9.17, 15) is 9.18 Å². The van der Waals surface area contributed by atoms with Gasteiger partial charge in [-0.2, -0.15) is 0 Å². The van der Waals surface area contributed by atoms with Crippen LogP contribution in [0.2, 0.25) is 0 Å². The van der Waals surface area contributed by atoms with E-state index < -0.39 is 5.82 Å². The molecule has 3 rings (SSSR count). The summed E-state index contributed by atoms with van der Waals surface area (Å²) in [6.45, 7) is 1.75. The third-order valence-electron chi connectivity index (χ3n) is 2.84. The third kappa shape index (κ3) is 2.38. The topological polar surface area (TPSA) is 55.1 Å². The molecule has 1 amide bonds. The van der Waals surface area contributed by atoms with Crippen molar-refractivity contribution in [3.8, 4) is 0 Å². The van der Waals surface area contributed by atoms with Crippen molar-refractivity contribution in [3.63, 3.8) is 0 Å². The molecule has 0 saturated carbocycles. The molecule has 0 aliphatic heterocycles. The molecule has 0 fully saturated rings. The lowest BCUT2D eigenvalue weighted by atomic mass is 10.2. The van der Waals surface area contributed by atoms with Crippen LogP contribution in [0.15, 0.2) is 46.9 Å². The van der Waals surface area contributed by atoms with Gasteiger partial charge in [0.25, 0.3) is 5.91 Å². The zero-order valence-electron chi connectivity index (χ0n) is 10.7. The van der Waals surface area contributed by atoms with Crippen LogP contribution in [0.25, 0.3) is 11.1 Å². The number of nitrogens with one attached hydrogen (secondary N) is 1. The molecular weight excluding hydrogens is 259 g/mol. The van der Waals surface area contributed by atoms with Crippen LogP contribution in [0.5, 0.6) is 0 Å². The Bertz CT molecular complexity index is 795. The largest absolute Gasteiger partial charge is 0.441 e. The summed E-state index contributed by atoms with van der Waals surface area (Å²) >= 11 is 0. The number of hydrogen-bond acceptors (Lipinski definition) is 3. The van der Waals surface area contributed by atoms with Crippen LogP contribution >= 0.6 is 0 Å². The van der Waals surface area contributed by atoms with Gasteiger partial charge in [-0.15, -0.1) is 0 Å². The highest BCUT2D eigenvalue weighted by atomic mass is 19.1. The molecule has 0 aliphatic rings. The number of rotatable bonds is 2. The Hall–Kier alpha value is -2.69. The summed E-state index contributed by atoms with van der Waals surface area (Å²) < 4.78 is 18.4. The van der Waals surface area contributed by atoms with Gasteiger partial charge < -0.3 is 9.73 Å². The van der Waals surface area contributed by atoms with Crippen LogP contribution in [-0.4, -0.2) is 10.9 Å². The molecule has 4 nitrogen and oxygen atoms in total. The summed E-state index contributed by atoms with van der Waals surface area (Å²) in [7, 11) is 0. The molecule has 100 valence electrons. The lowest BCUT2D eigenvalue weighted by Gasteiger charge is -2.04. The first-order valence-corrected chi connectivity index (χ1v) is 6.06. The lowest BCUT2D eigenvalue weighted by molar-refractivity contribution is 0.102. The first-order chi connectivity index (χ1) is 9.61. The molecule has 3 aromatic rings. The van der Waals surface area contributed by atoms with Crippen LogP contribution in [0.1, 0.15) is 16.2 Å². The van der Waals surface area contributed by atoms with E-state index in [1.807, 2.05) is 0 Å². The molecule has 1 aromatic heterocycles. The Kier molecular flexibility index (Phi) is 2.95. The molecule has 20 heavy (non-hydrogen) atoms. The molecule has 5 heteroatoms. The van der Waals surface area contributed by atoms with Gasteiger partial charge in [0.2, 0.25) is 0 Å². The predicted molar refractivity (Wildman–Crippen MR) is 73.1 cm³/mol. The van der Waals surface area contributed by atoms with Crippen molar-refractivity contribution in [2.24, 2.45) is 0 Å². The molecule has 0 atom stereocenters. The maximum atomic E-state index is 13.1. The van der Waals surface area contributed by atoms with Gasteiger partial charge in [-0.1, -0.05) is 6.07 Å². The number of fused-ring (bicyclic) bond motifs is 1. The van der Waals surface area contributed by atoms with E-state index in [1.54, 1.807) is 31.2 Å². The number of carbonyl (C=O) groups is 1. The van der Waals surface area contributed by atoms with Gasteiger partial charge in [-0.3, -0.25) is 4.79 Å². The third-order valence-corrected chi connectivity index (χ3v) is 2.84. The second-order valence-electron chi connectivity index (χ2n) is 4.38. The molecule has 0 unspecified atom stereocenters. The molecule has 2 aromatic carbocycles. The number of aryl methyl sites for hydroxylation is 1. The molecule has 0 bridgehead atoms. The second-order valence-corrected chi connectivity index (χ2v) is 4.38. The van der Waals surface area contributed by atoms with Crippen LogP contribution in [0.4, 0.5) is 10.1 Å². The normalized spacial score (nSPS) is 10.7. The van der Waals surface area contributed by atoms with E-state index in [-0.39, 0.29) is 11.5 Å². The van der Waals surface area contributed by atoms with Crippen molar-refractivity contribution in [2.75, 3.05) is 5.32 Å². The summed E-state index contributed by atoms with van der Waals surface area (Å²) in [5, 5.41) is 2.70. The van der Waals surface area contributed by atoms with Crippen LogP contribution in [0.3, 0.4) is 0 Å². The van der Waals surface area contributed by atoms with Gasteiger partial charge in [0.05, 0.1) is 0 Å². The number of halogens is 1. The molecule has 0 radical (unpaired) electrons. The Morgan fingerprint density at radius 2 is 2.10 bits per heavy atom. The highest BCUT2D eigenvalue weighted by molar-refractivity contribution is 6.04. The van der Waals surface area contributed by atoms with Crippen molar-refractivity contribution in [1.82, 2.24) is 4.98 Å². The minimum Gasteiger partial charge on any atom is -0.441 e. The maximum Gasteiger partial charge on any atom is 0.255 e. The van der Waals surface area contributed by atoms with Gasteiger partial charge in [-0.05, 0) is 36.4 Å². The molecular formula is C15H11FN2O2. The SMILES string of the molecule is Cc1nc2cc(NC(=O)c3cccc(F)c3)ccc2o1. The Morgan fingerprint density at radius 1 is 1.25 bits per heavy atom. The number of carbonyl (C=O) groups excluding carboxylic acids is 1. The highest BCUT2D eigenvalue weighted by Crippen LogP contribution is 2.20. The van der Waals surface area contributed by atoms with Crippen molar-refractivity contribution in [3.05, 3.63) is 59.7 Å². The average Bonchev–Trinajstić information content (AvgIpc) is 2.78. The van der Waals surface area contributed by atoms with Gasteiger partial charge in [0.15, 0.2) is 11.5 Å². The first-order valence-electron chi connectivity index (χ1n) is 6.06. The van der Waals surface area contributed by atoms with E-state index >= 15 is 0 Å². The number of anilines is 1. The van der Waals surface area contributed by atoms with Gasteiger partial charge in [0.1, 0.15) is 11.3 Å². The first kappa shape index (κ1) is 12.3. The number of benzene rings is 2. The maximum absolute atomic E-state index is 13.1. The number of aromatic nitrogens is 1. The Balaban J connectivity index is 1.87. The quantitative estimate of drug-likeness (QED) is 0.775. The van der Waals surface area contributed by atoms with E-state index in [2.05, 4.69) is 10.3 Å². The number of oxazole rings is 1. The summed E-state index contributed by atoms with van der Waals surface area (Å²) in [6.07, 6.45) is 0. The fourth-order valence-corrected chi connectivity index (χ4v) is 1.95. The van der Waals surface area contributed by atoms with Crippen LogP contribution < -0.4 is 5.32 Å². The fraction of sp³-hybridized carbons (Fsp3) is 0.0667. The van der Waals surface area contributed by atoms with Crippen molar-refractivity contribution in [1.29, 1.82) is 0 Å². The predicted octanol–water partition coefficient (Wildman–Crippen LogP) is 3.53. The van der Waals surface area contributed by atoms with Crippen molar-refractivity contribution >= 4 is 22.7 Å². The minimum atomic E-state index is -0.444. The molecule has 0 spiro atoms. The monoisotopic (exact) mass is 270 g/mol. The van der Waals surface area contributed by atoms with Crippen LogP contribution in [0, 0.1) is 12.7 Å². The standard InChI is InChI=1S/C15H11FN2O2/c1-9-17-13-8-12(5-6-14(13)20-9)18-15(19)10-3-2-4-11(16)7-10/h2-8H,1H3,(H,18,19).